The minimum Gasteiger partial charge on any atom is -0.389 e. The van der Waals surface area contributed by atoms with Gasteiger partial charge in [0.05, 0.1) is 17.8 Å². The minimum absolute atomic E-state index is 0.0930. The Bertz CT molecular complexity index is 269. The van der Waals surface area contributed by atoms with Crippen LogP contribution >= 0.6 is 0 Å². The van der Waals surface area contributed by atoms with Crippen molar-refractivity contribution in [2.24, 2.45) is 17.3 Å². The van der Waals surface area contributed by atoms with Crippen molar-refractivity contribution in [3.05, 3.63) is 12.2 Å². The van der Waals surface area contributed by atoms with E-state index in [1.54, 1.807) is 0 Å². The van der Waals surface area contributed by atoms with E-state index in [9.17, 15) is 5.11 Å². The Morgan fingerprint density at radius 3 is 1.80 bits per heavy atom. The number of rotatable bonds is 0. The highest BCUT2D eigenvalue weighted by molar-refractivity contribution is 5.18. The van der Waals surface area contributed by atoms with Gasteiger partial charge in [-0.1, -0.05) is 46.8 Å². The molecule has 2 heterocycles. The van der Waals surface area contributed by atoms with Crippen molar-refractivity contribution < 1.29 is 9.84 Å². The minimum atomic E-state index is -0.649. The summed E-state index contributed by atoms with van der Waals surface area (Å²) in [4.78, 5) is 0. The molecule has 1 saturated heterocycles. The normalized spacial score (nSPS) is 49.7. The number of fused-ring (bicyclic) bond motifs is 2. The lowest BCUT2D eigenvalue weighted by atomic mass is 9.60. The van der Waals surface area contributed by atoms with Gasteiger partial charge in [0.15, 0.2) is 0 Å². The van der Waals surface area contributed by atoms with Crippen LogP contribution in [0.5, 0.6) is 0 Å². The summed E-state index contributed by atoms with van der Waals surface area (Å²) in [5.74, 6) is 0.310. The molecule has 5 atom stereocenters. The van der Waals surface area contributed by atoms with Crippen molar-refractivity contribution in [3.63, 3.8) is 0 Å². The number of aliphatic hydroxyl groups is 1. The van der Waals surface area contributed by atoms with Gasteiger partial charge in [0.25, 0.3) is 0 Å². The summed E-state index contributed by atoms with van der Waals surface area (Å²) in [6, 6.07) is 0. The van der Waals surface area contributed by atoms with Gasteiger partial charge in [-0.25, -0.2) is 0 Å². The van der Waals surface area contributed by atoms with Crippen LogP contribution in [0, 0.1) is 17.3 Å². The average molecular weight is 210 g/mol. The van der Waals surface area contributed by atoms with Crippen LogP contribution in [0.15, 0.2) is 12.2 Å². The molecule has 0 aromatic rings. The smallest absolute Gasteiger partial charge is 0.0818 e. The molecule has 1 fully saturated rings. The van der Waals surface area contributed by atoms with E-state index in [1.807, 2.05) is 0 Å². The standard InChI is InChI=1S/C13H22O2/c1-8-10-6-7-11(15-10)9(2)13(8,14)12(3,4)5/h6-11,14H,1-5H3/t8-,9?,10?,11?,13-/m0/s1. The van der Waals surface area contributed by atoms with E-state index in [0.29, 0.717) is 0 Å². The Morgan fingerprint density at radius 1 is 1.07 bits per heavy atom. The Hall–Kier alpha value is -0.340. The first-order chi connectivity index (χ1) is 6.78. The average Bonchev–Trinajstić information content (AvgIpc) is 2.56. The first kappa shape index (κ1) is 11.2. The fourth-order valence-electron chi connectivity index (χ4n) is 3.34. The van der Waals surface area contributed by atoms with Gasteiger partial charge in [-0.2, -0.15) is 0 Å². The quantitative estimate of drug-likeness (QED) is 0.622. The van der Waals surface area contributed by atoms with E-state index in [2.05, 4.69) is 46.8 Å². The number of hydrogen-bond acceptors (Lipinski definition) is 2. The molecule has 2 heteroatoms. The summed E-state index contributed by atoms with van der Waals surface area (Å²) >= 11 is 0. The van der Waals surface area contributed by atoms with Crippen molar-refractivity contribution in [2.75, 3.05) is 0 Å². The lowest BCUT2D eigenvalue weighted by Crippen LogP contribution is -2.61. The van der Waals surface area contributed by atoms with Crippen LogP contribution in [0.25, 0.3) is 0 Å². The second-order valence-corrected chi connectivity index (χ2v) is 6.10. The van der Waals surface area contributed by atoms with Crippen LogP contribution in [-0.2, 0) is 4.74 Å². The summed E-state index contributed by atoms with van der Waals surface area (Å²) in [6.45, 7) is 10.5. The van der Waals surface area contributed by atoms with Crippen LogP contribution in [0.2, 0.25) is 0 Å². The van der Waals surface area contributed by atoms with Crippen LogP contribution in [-0.4, -0.2) is 22.9 Å². The molecular formula is C13H22O2. The van der Waals surface area contributed by atoms with Gasteiger partial charge in [-0.05, 0) is 5.41 Å². The molecule has 2 rings (SSSR count). The Kier molecular flexibility index (Phi) is 2.29. The molecule has 0 radical (unpaired) electrons. The molecule has 2 bridgehead atoms. The van der Waals surface area contributed by atoms with Gasteiger partial charge >= 0.3 is 0 Å². The van der Waals surface area contributed by atoms with Crippen molar-refractivity contribution >= 4 is 0 Å². The zero-order chi connectivity index (χ0) is 11.4. The maximum absolute atomic E-state index is 11.0. The predicted octanol–water partition coefficient (Wildman–Crippen LogP) is 2.37. The maximum atomic E-state index is 11.0. The second kappa shape index (κ2) is 3.08. The molecule has 2 aliphatic heterocycles. The highest BCUT2D eigenvalue weighted by Gasteiger charge is 2.57. The maximum Gasteiger partial charge on any atom is 0.0818 e. The molecule has 0 amide bonds. The van der Waals surface area contributed by atoms with Gasteiger partial charge in [-0.3, -0.25) is 0 Å². The Balaban J connectivity index is 2.41. The lowest BCUT2D eigenvalue weighted by Gasteiger charge is -2.54. The number of hydrogen-bond donors (Lipinski definition) is 1. The fourth-order valence-corrected chi connectivity index (χ4v) is 3.34. The van der Waals surface area contributed by atoms with Crippen molar-refractivity contribution in [3.8, 4) is 0 Å². The van der Waals surface area contributed by atoms with Crippen LogP contribution in [0.3, 0.4) is 0 Å². The monoisotopic (exact) mass is 210 g/mol. The summed E-state index contributed by atoms with van der Waals surface area (Å²) in [7, 11) is 0. The second-order valence-electron chi connectivity index (χ2n) is 6.10. The zero-order valence-corrected chi connectivity index (χ0v) is 10.3. The molecule has 15 heavy (non-hydrogen) atoms. The number of ether oxygens (including phenoxy) is 1. The molecule has 86 valence electrons. The van der Waals surface area contributed by atoms with Gasteiger partial charge < -0.3 is 9.84 Å². The summed E-state index contributed by atoms with van der Waals surface area (Å²) in [5.41, 5.74) is -0.762. The van der Waals surface area contributed by atoms with Crippen molar-refractivity contribution in [2.45, 2.75) is 52.4 Å². The highest BCUT2D eigenvalue weighted by Crippen LogP contribution is 2.51. The molecule has 0 aromatic carbocycles. The van der Waals surface area contributed by atoms with Crippen LogP contribution < -0.4 is 0 Å². The largest absolute Gasteiger partial charge is 0.389 e. The lowest BCUT2D eigenvalue weighted by molar-refractivity contribution is -0.225. The summed E-state index contributed by atoms with van der Waals surface area (Å²) < 4.78 is 5.84. The van der Waals surface area contributed by atoms with Crippen LogP contribution in [0.1, 0.15) is 34.6 Å². The van der Waals surface area contributed by atoms with Crippen LogP contribution in [0.4, 0.5) is 0 Å². The van der Waals surface area contributed by atoms with Crippen molar-refractivity contribution in [1.82, 2.24) is 0 Å². The third-order valence-corrected chi connectivity index (χ3v) is 4.38. The predicted molar refractivity (Wildman–Crippen MR) is 60.5 cm³/mol. The van der Waals surface area contributed by atoms with E-state index < -0.39 is 5.60 Å². The topological polar surface area (TPSA) is 29.5 Å². The third kappa shape index (κ3) is 1.31. The first-order valence-corrected chi connectivity index (χ1v) is 5.84. The molecule has 0 aliphatic carbocycles. The summed E-state index contributed by atoms with van der Waals surface area (Å²) in [5, 5.41) is 11.0. The van der Waals surface area contributed by atoms with Gasteiger partial charge in [0, 0.05) is 11.8 Å². The van der Waals surface area contributed by atoms with Gasteiger partial charge in [0.2, 0.25) is 0 Å². The van der Waals surface area contributed by atoms with E-state index in [4.69, 9.17) is 4.74 Å². The molecule has 1 N–H and O–H groups in total. The first-order valence-electron chi connectivity index (χ1n) is 5.84. The highest BCUT2D eigenvalue weighted by atomic mass is 16.5. The molecule has 2 aliphatic rings. The zero-order valence-electron chi connectivity index (χ0n) is 10.3. The molecule has 2 nitrogen and oxygen atoms in total. The third-order valence-electron chi connectivity index (χ3n) is 4.38. The van der Waals surface area contributed by atoms with E-state index in [1.165, 1.54) is 0 Å². The SMILES string of the molecule is CC1C2C=CC(O2)[C@H](C)[C@@]1(O)C(C)(C)C. The molecule has 3 unspecified atom stereocenters. The molecule has 0 saturated carbocycles. The van der Waals surface area contributed by atoms with Crippen molar-refractivity contribution in [1.29, 1.82) is 0 Å². The Morgan fingerprint density at radius 2 is 1.47 bits per heavy atom. The van der Waals surface area contributed by atoms with E-state index in [0.717, 1.165) is 0 Å². The fraction of sp³-hybridized carbons (Fsp3) is 0.846. The van der Waals surface area contributed by atoms with E-state index >= 15 is 0 Å². The molecular weight excluding hydrogens is 188 g/mol. The van der Waals surface area contributed by atoms with E-state index in [-0.39, 0.29) is 29.5 Å². The molecule has 0 spiro atoms. The Labute approximate surface area is 92.3 Å². The summed E-state index contributed by atoms with van der Waals surface area (Å²) in [6.07, 6.45) is 4.40. The van der Waals surface area contributed by atoms with Gasteiger partial charge in [0.1, 0.15) is 0 Å². The van der Waals surface area contributed by atoms with Gasteiger partial charge in [-0.15, -0.1) is 0 Å². The molecule has 0 aromatic heterocycles.